The van der Waals surface area contributed by atoms with E-state index in [9.17, 15) is 0 Å². The molecule has 6 heteroatoms. The van der Waals surface area contributed by atoms with Crippen LogP contribution in [0.5, 0.6) is 0 Å². The average molecular weight is 953 g/mol. The van der Waals surface area contributed by atoms with Crippen molar-refractivity contribution >= 4 is 80.8 Å². The standard InChI is InChI=1S/C68H52N6/c1-67(2)57-41-47(27-33-53(57)55-35-31-51(43-59(55)67)73(63-17-9-11-39-69-63)65-37-29-49-13-5-7-15-61(49)71-65)25-23-45-19-21-46(22-20-45)24-26-48-28-34-54-56-36-32-52(44-60(56)68(3,4)58(54)42-48)74(64-18-10-12-40-70-64)66-38-30-50-14-6-8-16-62(50)72-66/h5-44H,1-4H3. The molecule has 74 heavy (non-hydrogen) atoms. The molecule has 2 aliphatic carbocycles. The summed E-state index contributed by atoms with van der Waals surface area (Å²) in [5, 5.41) is 2.22. The third-order valence-corrected chi connectivity index (χ3v) is 15.1. The molecule has 2 aliphatic rings. The second kappa shape index (κ2) is 17.8. The van der Waals surface area contributed by atoms with Crippen LogP contribution < -0.4 is 9.80 Å². The van der Waals surface area contributed by atoms with Crippen molar-refractivity contribution in [3.63, 3.8) is 0 Å². The van der Waals surface area contributed by atoms with Crippen molar-refractivity contribution in [2.45, 2.75) is 38.5 Å². The van der Waals surface area contributed by atoms with Gasteiger partial charge in [0.2, 0.25) is 0 Å². The van der Waals surface area contributed by atoms with Gasteiger partial charge in [0.05, 0.1) is 11.0 Å². The second-order valence-corrected chi connectivity index (χ2v) is 20.4. The zero-order valence-electron chi connectivity index (χ0n) is 41.8. The van der Waals surface area contributed by atoms with Crippen LogP contribution in [0.4, 0.5) is 34.6 Å². The summed E-state index contributed by atoms with van der Waals surface area (Å²) in [6, 6.07) is 73.1. The Morgan fingerprint density at radius 3 is 1.11 bits per heavy atom. The van der Waals surface area contributed by atoms with Crippen LogP contribution in [0.1, 0.15) is 72.2 Å². The summed E-state index contributed by atoms with van der Waals surface area (Å²) in [4.78, 5) is 24.1. The molecule has 7 aromatic carbocycles. The highest BCUT2D eigenvalue weighted by molar-refractivity contribution is 5.90. The van der Waals surface area contributed by atoms with E-state index in [1.54, 1.807) is 0 Å². The highest BCUT2D eigenvalue weighted by atomic mass is 15.2. The summed E-state index contributed by atoms with van der Waals surface area (Å²) >= 11 is 0. The summed E-state index contributed by atoms with van der Waals surface area (Å²) in [6.45, 7) is 9.34. The SMILES string of the molecule is CC1(C)c2cc(C=Cc3ccc(C=Cc4ccc5c(c4)C(C)(C)c4cc(N(c6ccccn6)c6ccc7ccccc7n6)ccc4-5)cc3)ccc2-c2ccc(N(c3ccccn3)c3ccc4ccccc4n3)cc21. The lowest BCUT2D eigenvalue weighted by Crippen LogP contribution is -2.17. The molecule has 0 atom stereocenters. The number of anilines is 6. The third kappa shape index (κ3) is 7.83. The van der Waals surface area contributed by atoms with Gasteiger partial charge in [0.15, 0.2) is 0 Å². The first-order chi connectivity index (χ1) is 36.2. The lowest BCUT2D eigenvalue weighted by molar-refractivity contribution is 0.660. The highest BCUT2D eigenvalue weighted by Gasteiger charge is 2.38. The van der Waals surface area contributed by atoms with Gasteiger partial charge in [-0.1, -0.05) is 173 Å². The quantitative estimate of drug-likeness (QED) is 0.127. The number of pyridine rings is 4. The van der Waals surface area contributed by atoms with Crippen LogP contribution in [0.15, 0.2) is 219 Å². The molecule has 0 unspecified atom stereocenters. The van der Waals surface area contributed by atoms with Gasteiger partial charge in [-0.3, -0.25) is 9.80 Å². The van der Waals surface area contributed by atoms with E-state index in [-0.39, 0.29) is 10.8 Å². The molecule has 4 heterocycles. The fraction of sp³-hybridized carbons (Fsp3) is 0.0882. The van der Waals surface area contributed by atoms with Gasteiger partial charge in [-0.15, -0.1) is 0 Å². The lowest BCUT2D eigenvalue weighted by atomic mass is 9.81. The van der Waals surface area contributed by atoms with Crippen molar-refractivity contribution in [2.24, 2.45) is 0 Å². The van der Waals surface area contributed by atoms with Gasteiger partial charge >= 0.3 is 0 Å². The van der Waals surface area contributed by atoms with Crippen molar-refractivity contribution in [1.82, 2.24) is 19.9 Å². The van der Waals surface area contributed by atoms with Crippen molar-refractivity contribution in [3.8, 4) is 22.3 Å². The summed E-state index contributed by atoms with van der Waals surface area (Å²) in [6.07, 6.45) is 12.6. The Kier molecular flexibility index (Phi) is 10.7. The molecule has 0 saturated carbocycles. The first-order valence-corrected chi connectivity index (χ1v) is 25.3. The molecule has 0 aliphatic heterocycles. The average Bonchev–Trinajstić information content (AvgIpc) is 3.80. The predicted molar refractivity (Wildman–Crippen MR) is 308 cm³/mol. The number of benzene rings is 7. The molecule has 13 rings (SSSR count). The Labute approximate surface area is 432 Å². The number of fused-ring (bicyclic) bond motifs is 8. The molecule has 11 aromatic rings. The van der Waals surface area contributed by atoms with Gasteiger partial charge in [0.1, 0.15) is 23.3 Å². The molecule has 6 nitrogen and oxygen atoms in total. The van der Waals surface area contributed by atoms with Gasteiger partial charge in [0, 0.05) is 45.4 Å². The number of hydrogen-bond donors (Lipinski definition) is 0. The Bertz CT molecular complexity index is 3760. The summed E-state index contributed by atoms with van der Waals surface area (Å²) in [5.74, 6) is 3.32. The molecule has 0 N–H and O–H groups in total. The van der Waals surface area contributed by atoms with E-state index < -0.39 is 0 Å². The molecular formula is C68H52N6. The van der Waals surface area contributed by atoms with Crippen molar-refractivity contribution in [3.05, 3.63) is 263 Å². The second-order valence-electron chi connectivity index (χ2n) is 20.4. The van der Waals surface area contributed by atoms with Crippen molar-refractivity contribution < 1.29 is 0 Å². The summed E-state index contributed by atoms with van der Waals surface area (Å²) < 4.78 is 0. The van der Waals surface area contributed by atoms with Crippen LogP contribution >= 0.6 is 0 Å². The Balaban J connectivity index is 0.719. The van der Waals surface area contributed by atoms with E-state index in [1.807, 2.05) is 73.1 Å². The van der Waals surface area contributed by atoms with E-state index in [2.05, 4.69) is 207 Å². The Morgan fingerprint density at radius 1 is 0.324 bits per heavy atom. The minimum Gasteiger partial charge on any atom is -0.279 e. The largest absolute Gasteiger partial charge is 0.279 e. The Morgan fingerprint density at radius 2 is 0.689 bits per heavy atom. The summed E-state index contributed by atoms with van der Waals surface area (Å²) in [5.41, 5.74) is 18.5. The maximum Gasteiger partial charge on any atom is 0.139 e. The topological polar surface area (TPSA) is 58.0 Å². The molecule has 0 spiro atoms. The minimum atomic E-state index is -0.216. The maximum absolute atomic E-state index is 5.10. The molecule has 0 radical (unpaired) electrons. The predicted octanol–water partition coefficient (Wildman–Crippen LogP) is 17.5. The van der Waals surface area contributed by atoms with Gasteiger partial charge < -0.3 is 0 Å². The van der Waals surface area contributed by atoms with E-state index in [0.29, 0.717) is 0 Å². The maximum atomic E-state index is 5.10. The fourth-order valence-corrected chi connectivity index (χ4v) is 11.2. The number of para-hydroxylation sites is 2. The lowest BCUT2D eigenvalue weighted by Gasteiger charge is -2.26. The smallest absolute Gasteiger partial charge is 0.139 e. The molecule has 0 amide bonds. The molecule has 4 aromatic heterocycles. The molecule has 0 bridgehead atoms. The van der Waals surface area contributed by atoms with Crippen LogP contribution in [-0.2, 0) is 10.8 Å². The van der Waals surface area contributed by atoms with Gasteiger partial charge in [-0.25, -0.2) is 19.9 Å². The van der Waals surface area contributed by atoms with E-state index in [1.165, 1.54) is 55.6 Å². The van der Waals surface area contributed by atoms with Crippen molar-refractivity contribution in [2.75, 3.05) is 9.80 Å². The summed E-state index contributed by atoms with van der Waals surface area (Å²) in [7, 11) is 0. The number of rotatable bonds is 10. The van der Waals surface area contributed by atoms with Crippen LogP contribution in [0, 0.1) is 0 Å². The molecule has 0 fully saturated rings. The monoisotopic (exact) mass is 952 g/mol. The Hall–Kier alpha value is -9.26. The van der Waals surface area contributed by atoms with Crippen LogP contribution in [-0.4, -0.2) is 19.9 Å². The number of nitrogens with zero attached hydrogens (tertiary/aromatic N) is 6. The van der Waals surface area contributed by atoms with Crippen LogP contribution in [0.3, 0.4) is 0 Å². The molecule has 354 valence electrons. The zero-order chi connectivity index (χ0) is 50.0. The normalized spacial score (nSPS) is 13.8. The zero-order valence-corrected chi connectivity index (χ0v) is 41.8. The number of aromatic nitrogens is 4. The van der Waals surface area contributed by atoms with Crippen LogP contribution in [0.25, 0.3) is 68.4 Å². The van der Waals surface area contributed by atoms with Gasteiger partial charge in [-0.2, -0.15) is 0 Å². The van der Waals surface area contributed by atoms with E-state index in [0.717, 1.165) is 67.6 Å². The highest BCUT2D eigenvalue weighted by Crippen LogP contribution is 2.52. The fourth-order valence-electron chi connectivity index (χ4n) is 11.2. The van der Waals surface area contributed by atoms with Gasteiger partial charge in [0.25, 0.3) is 0 Å². The van der Waals surface area contributed by atoms with Crippen LogP contribution in [0.2, 0.25) is 0 Å². The van der Waals surface area contributed by atoms with Crippen molar-refractivity contribution in [1.29, 1.82) is 0 Å². The van der Waals surface area contributed by atoms with Gasteiger partial charge in [-0.05, 0) is 152 Å². The molecular weight excluding hydrogens is 901 g/mol. The first-order valence-electron chi connectivity index (χ1n) is 25.3. The molecule has 0 saturated heterocycles. The van der Waals surface area contributed by atoms with E-state index >= 15 is 0 Å². The third-order valence-electron chi connectivity index (χ3n) is 15.1. The first kappa shape index (κ1) is 44.7. The van der Waals surface area contributed by atoms with E-state index in [4.69, 9.17) is 19.9 Å². The minimum absolute atomic E-state index is 0.216. The number of hydrogen-bond acceptors (Lipinski definition) is 6.